The third-order valence-corrected chi connectivity index (χ3v) is 1.93. The average Bonchev–Trinajstić information content (AvgIpc) is 2.80. The Bertz CT molecular complexity index is 454. The summed E-state index contributed by atoms with van der Waals surface area (Å²) in [5, 5.41) is 8.05. The Morgan fingerprint density at radius 3 is 2.81 bits per heavy atom. The van der Waals surface area contributed by atoms with Crippen LogP contribution in [-0.2, 0) is 0 Å². The second-order valence-corrected chi connectivity index (χ2v) is 3.26. The van der Waals surface area contributed by atoms with E-state index in [1.165, 1.54) is 4.80 Å². The topological polar surface area (TPSA) is 78.9 Å². The van der Waals surface area contributed by atoms with Gasteiger partial charge in [0, 0.05) is 0 Å². The fourth-order valence-corrected chi connectivity index (χ4v) is 1.25. The van der Waals surface area contributed by atoms with Crippen LogP contribution >= 0.6 is 0 Å². The maximum atomic E-state index is 5.68. The van der Waals surface area contributed by atoms with Gasteiger partial charge in [0.2, 0.25) is 5.88 Å². The Labute approximate surface area is 93.1 Å². The first-order valence-corrected chi connectivity index (χ1v) is 5.06. The molecular formula is C10H13N5O. The van der Waals surface area contributed by atoms with Gasteiger partial charge >= 0.3 is 0 Å². The first-order valence-electron chi connectivity index (χ1n) is 5.06. The van der Waals surface area contributed by atoms with E-state index in [-0.39, 0.29) is 0 Å². The molecule has 6 nitrogen and oxygen atoms in total. The Hall–Kier alpha value is -2.11. The van der Waals surface area contributed by atoms with E-state index in [0.29, 0.717) is 23.9 Å². The van der Waals surface area contributed by atoms with E-state index in [1.807, 2.05) is 6.92 Å². The molecule has 0 atom stereocenters. The van der Waals surface area contributed by atoms with Crippen molar-refractivity contribution in [2.45, 2.75) is 13.3 Å². The number of hydrogen-bond donors (Lipinski definition) is 1. The summed E-state index contributed by atoms with van der Waals surface area (Å²) in [6.45, 7) is 2.63. The van der Waals surface area contributed by atoms with Crippen LogP contribution < -0.4 is 10.5 Å². The molecule has 2 aromatic heterocycles. The Kier molecular flexibility index (Phi) is 3.00. The van der Waals surface area contributed by atoms with Crippen LogP contribution in [0.5, 0.6) is 5.88 Å². The lowest BCUT2D eigenvalue weighted by Gasteiger charge is -2.08. The van der Waals surface area contributed by atoms with Gasteiger partial charge in [0.05, 0.1) is 30.9 Å². The SMILES string of the molecule is CCCOc1ncc(N)cc1-n1nccn1. The van der Waals surface area contributed by atoms with Gasteiger partial charge in [-0.05, 0) is 12.5 Å². The van der Waals surface area contributed by atoms with Crippen LogP contribution in [0.3, 0.4) is 0 Å². The summed E-state index contributed by atoms with van der Waals surface area (Å²) < 4.78 is 5.50. The number of anilines is 1. The fraction of sp³-hybridized carbons (Fsp3) is 0.300. The summed E-state index contributed by atoms with van der Waals surface area (Å²) >= 11 is 0. The number of rotatable bonds is 4. The van der Waals surface area contributed by atoms with E-state index in [4.69, 9.17) is 10.5 Å². The van der Waals surface area contributed by atoms with Crippen molar-refractivity contribution in [1.29, 1.82) is 0 Å². The molecule has 6 heteroatoms. The third-order valence-electron chi connectivity index (χ3n) is 1.93. The van der Waals surface area contributed by atoms with Crippen molar-refractivity contribution in [3.05, 3.63) is 24.7 Å². The Morgan fingerprint density at radius 2 is 2.12 bits per heavy atom. The molecule has 0 radical (unpaired) electrons. The lowest BCUT2D eigenvalue weighted by molar-refractivity contribution is 0.303. The third kappa shape index (κ3) is 2.10. The van der Waals surface area contributed by atoms with Crippen molar-refractivity contribution in [1.82, 2.24) is 20.0 Å². The smallest absolute Gasteiger partial charge is 0.242 e. The molecule has 0 spiro atoms. The molecule has 84 valence electrons. The highest BCUT2D eigenvalue weighted by Gasteiger charge is 2.09. The molecule has 2 N–H and O–H groups in total. The largest absolute Gasteiger partial charge is 0.476 e. The van der Waals surface area contributed by atoms with Gasteiger partial charge < -0.3 is 10.5 Å². The van der Waals surface area contributed by atoms with E-state index in [1.54, 1.807) is 24.7 Å². The number of hydrogen-bond acceptors (Lipinski definition) is 5. The summed E-state index contributed by atoms with van der Waals surface area (Å²) in [7, 11) is 0. The van der Waals surface area contributed by atoms with E-state index in [9.17, 15) is 0 Å². The molecule has 0 saturated heterocycles. The molecule has 2 rings (SSSR count). The fourth-order valence-electron chi connectivity index (χ4n) is 1.25. The summed E-state index contributed by atoms with van der Waals surface area (Å²) in [5.74, 6) is 0.493. The zero-order valence-corrected chi connectivity index (χ0v) is 9.00. The van der Waals surface area contributed by atoms with Crippen molar-refractivity contribution in [3.8, 4) is 11.6 Å². The predicted octanol–water partition coefficient (Wildman–Crippen LogP) is 1.03. The lowest BCUT2D eigenvalue weighted by Crippen LogP contribution is -2.06. The van der Waals surface area contributed by atoms with Crippen molar-refractivity contribution in [3.63, 3.8) is 0 Å². The minimum Gasteiger partial charge on any atom is -0.476 e. The van der Waals surface area contributed by atoms with E-state index >= 15 is 0 Å². The van der Waals surface area contributed by atoms with Gasteiger partial charge in [-0.3, -0.25) is 0 Å². The first kappa shape index (κ1) is 10.4. The maximum Gasteiger partial charge on any atom is 0.242 e. The van der Waals surface area contributed by atoms with Gasteiger partial charge in [0.15, 0.2) is 0 Å². The number of aromatic nitrogens is 4. The molecule has 2 aromatic rings. The zero-order chi connectivity index (χ0) is 11.4. The molecule has 0 unspecified atom stereocenters. The average molecular weight is 219 g/mol. The Balaban J connectivity index is 2.37. The van der Waals surface area contributed by atoms with Crippen LogP contribution in [0.15, 0.2) is 24.7 Å². The molecule has 0 saturated carbocycles. The van der Waals surface area contributed by atoms with Crippen LogP contribution in [0.1, 0.15) is 13.3 Å². The van der Waals surface area contributed by atoms with Crippen LogP contribution in [0.25, 0.3) is 5.69 Å². The number of nitrogens with zero attached hydrogens (tertiary/aromatic N) is 4. The van der Waals surface area contributed by atoms with Crippen molar-refractivity contribution >= 4 is 5.69 Å². The van der Waals surface area contributed by atoms with Gasteiger partial charge in [-0.15, -0.1) is 4.80 Å². The standard InChI is InChI=1S/C10H13N5O/c1-2-5-16-10-9(6-8(11)7-12-10)15-13-3-4-14-15/h3-4,6-7H,2,5,11H2,1H3. The molecular weight excluding hydrogens is 206 g/mol. The number of pyridine rings is 1. The van der Waals surface area contributed by atoms with Crippen molar-refractivity contribution in [2.24, 2.45) is 0 Å². The van der Waals surface area contributed by atoms with Gasteiger partial charge in [-0.2, -0.15) is 10.2 Å². The number of nitrogens with two attached hydrogens (primary N) is 1. The van der Waals surface area contributed by atoms with Crippen LogP contribution in [-0.4, -0.2) is 26.6 Å². The first-order chi connectivity index (χ1) is 7.81. The number of ether oxygens (including phenoxy) is 1. The highest BCUT2D eigenvalue weighted by Crippen LogP contribution is 2.20. The van der Waals surface area contributed by atoms with Gasteiger partial charge in [-0.25, -0.2) is 4.98 Å². The molecule has 0 aliphatic heterocycles. The molecule has 0 aliphatic carbocycles. The van der Waals surface area contributed by atoms with E-state index < -0.39 is 0 Å². The molecule has 0 fully saturated rings. The second-order valence-electron chi connectivity index (χ2n) is 3.26. The van der Waals surface area contributed by atoms with Gasteiger partial charge in [0.25, 0.3) is 0 Å². The maximum absolute atomic E-state index is 5.68. The highest BCUT2D eigenvalue weighted by molar-refractivity contribution is 5.50. The predicted molar refractivity (Wildman–Crippen MR) is 59.4 cm³/mol. The molecule has 0 bridgehead atoms. The van der Waals surface area contributed by atoms with Crippen LogP contribution in [0, 0.1) is 0 Å². The molecule has 0 amide bonds. The minimum absolute atomic E-state index is 0.493. The van der Waals surface area contributed by atoms with E-state index in [2.05, 4.69) is 15.2 Å². The van der Waals surface area contributed by atoms with Crippen LogP contribution in [0.2, 0.25) is 0 Å². The minimum atomic E-state index is 0.493. The quantitative estimate of drug-likeness (QED) is 0.830. The zero-order valence-electron chi connectivity index (χ0n) is 9.00. The van der Waals surface area contributed by atoms with Gasteiger partial charge in [0.1, 0.15) is 5.69 Å². The van der Waals surface area contributed by atoms with Crippen molar-refractivity contribution < 1.29 is 4.74 Å². The lowest BCUT2D eigenvalue weighted by atomic mass is 10.3. The molecule has 0 aromatic carbocycles. The Morgan fingerprint density at radius 1 is 1.38 bits per heavy atom. The van der Waals surface area contributed by atoms with E-state index in [0.717, 1.165) is 6.42 Å². The normalized spacial score (nSPS) is 10.3. The molecule has 16 heavy (non-hydrogen) atoms. The highest BCUT2D eigenvalue weighted by atomic mass is 16.5. The second kappa shape index (κ2) is 4.61. The summed E-state index contributed by atoms with van der Waals surface area (Å²) in [4.78, 5) is 5.56. The van der Waals surface area contributed by atoms with Crippen molar-refractivity contribution in [2.75, 3.05) is 12.3 Å². The molecule has 0 aliphatic rings. The van der Waals surface area contributed by atoms with Gasteiger partial charge in [-0.1, -0.05) is 6.92 Å². The number of nitrogen functional groups attached to an aromatic ring is 1. The summed E-state index contributed by atoms with van der Waals surface area (Å²) in [5.41, 5.74) is 6.88. The summed E-state index contributed by atoms with van der Waals surface area (Å²) in [6.07, 6.45) is 5.65. The monoisotopic (exact) mass is 219 g/mol. The molecule has 2 heterocycles. The summed E-state index contributed by atoms with van der Waals surface area (Å²) in [6, 6.07) is 1.73. The van der Waals surface area contributed by atoms with Crippen LogP contribution in [0.4, 0.5) is 5.69 Å².